The number of halogens is 3. The Bertz CT molecular complexity index is 445. The van der Waals surface area contributed by atoms with Gasteiger partial charge in [0.05, 0.1) is 6.10 Å². The van der Waals surface area contributed by atoms with Crippen LogP contribution in [0.2, 0.25) is 0 Å². The van der Waals surface area contributed by atoms with Crippen LogP contribution in [0.5, 0.6) is 0 Å². The van der Waals surface area contributed by atoms with E-state index >= 15 is 0 Å². The van der Waals surface area contributed by atoms with Gasteiger partial charge in [-0.3, -0.25) is 0 Å². The summed E-state index contributed by atoms with van der Waals surface area (Å²) in [5.74, 6) is -0.262. The molecule has 1 aliphatic rings. The molecule has 1 aliphatic carbocycles. The third-order valence-electron chi connectivity index (χ3n) is 4.69. The van der Waals surface area contributed by atoms with E-state index in [0.29, 0.717) is 19.3 Å². The second kappa shape index (κ2) is 9.02. The van der Waals surface area contributed by atoms with Gasteiger partial charge in [0.1, 0.15) is 6.10 Å². The molecule has 24 heavy (non-hydrogen) atoms. The summed E-state index contributed by atoms with van der Waals surface area (Å²) < 4.78 is 45.0. The average molecular weight is 350 g/mol. The number of hydrogen-bond acceptors (Lipinski definition) is 3. The minimum Gasteiger partial charge on any atom is -0.389 e. The van der Waals surface area contributed by atoms with Gasteiger partial charge in [-0.1, -0.05) is 30.7 Å². The minimum atomic E-state index is -4.63. The molecule has 0 aliphatic heterocycles. The van der Waals surface area contributed by atoms with E-state index in [4.69, 9.17) is 4.74 Å². The molecule has 0 heterocycles. The van der Waals surface area contributed by atoms with E-state index in [0.717, 1.165) is 5.57 Å². The Hall–Kier alpha value is -0.850. The molecule has 0 aromatic heterocycles. The summed E-state index contributed by atoms with van der Waals surface area (Å²) in [6.45, 7) is 3.53. The fourth-order valence-corrected chi connectivity index (χ4v) is 2.98. The van der Waals surface area contributed by atoms with Crippen LogP contribution in [0, 0.1) is 5.92 Å². The number of aliphatic hydroxyl groups excluding tert-OH is 1. The third kappa shape index (κ3) is 5.90. The summed E-state index contributed by atoms with van der Waals surface area (Å²) >= 11 is 0. The highest BCUT2D eigenvalue weighted by atomic mass is 19.4. The lowest BCUT2D eigenvalue weighted by Gasteiger charge is -2.31. The van der Waals surface area contributed by atoms with Gasteiger partial charge >= 0.3 is 6.18 Å². The van der Waals surface area contributed by atoms with Crippen LogP contribution < -0.4 is 0 Å². The predicted molar refractivity (Wildman–Crippen MR) is 87.6 cm³/mol. The van der Waals surface area contributed by atoms with Gasteiger partial charge in [-0.05, 0) is 45.4 Å². The Balaban J connectivity index is 2.98. The van der Waals surface area contributed by atoms with Crippen molar-refractivity contribution in [2.24, 2.45) is 5.92 Å². The van der Waals surface area contributed by atoms with Crippen molar-refractivity contribution in [2.75, 3.05) is 7.11 Å². The van der Waals surface area contributed by atoms with Crippen molar-refractivity contribution in [3.05, 3.63) is 23.8 Å². The molecule has 0 radical (unpaired) electrons. The van der Waals surface area contributed by atoms with Gasteiger partial charge in [0.15, 0.2) is 5.60 Å². The van der Waals surface area contributed by atoms with Crippen molar-refractivity contribution >= 4 is 0 Å². The first-order valence-corrected chi connectivity index (χ1v) is 8.44. The smallest absolute Gasteiger partial charge is 0.389 e. The molecule has 0 saturated heterocycles. The van der Waals surface area contributed by atoms with Crippen molar-refractivity contribution in [3.8, 4) is 0 Å². The van der Waals surface area contributed by atoms with E-state index in [1.807, 2.05) is 6.08 Å². The lowest BCUT2D eigenvalue weighted by Crippen LogP contribution is -2.45. The van der Waals surface area contributed by atoms with Crippen LogP contribution in [0.3, 0.4) is 0 Å². The molecule has 2 N–H and O–H groups in total. The standard InChI is InChI=1S/C18H29F3O3/c1-13-9-11-17(23,18(19,20)21)10-7-5-4-6-8-15(24-3)16(22)14(2)12-13/h6,8,12,14-16,22-23H,4-5,7,9-11H2,1-3H3/t14?,15-,16-,17?/m0/s1. The molecule has 2 unspecified atom stereocenters. The fraction of sp³-hybridized carbons (Fsp3) is 0.778. The Kier molecular flexibility index (Phi) is 7.96. The number of allylic oxidation sites excluding steroid dienone is 2. The number of alkyl halides is 3. The predicted octanol–water partition coefficient (Wildman–Crippen LogP) is 4.15. The molecular formula is C18H29F3O3. The molecule has 0 aromatic rings. The summed E-state index contributed by atoms with van der Waals surface area (Å²) in [4.78, 5) is 0. The first-order valence-electron chi connectivity index (χ1n) is 8.44. The monoisotopic (exact) mass is 350 g/mol. The van der Waals surface area contributed by atoms with Gasteiger partial charge in [0.2, 0.25) is 0 Å². The number of methoxy groups -OCH3 is 1. The number of aliphatic hydroxyl groups is 2. The van der Waals surface area contributed by atoms with E-state index in [2.05, 4.69) is 0 Å². The second-order valence-electron chi connectivity index (χ2n) is 6.77. The highest BCUT2D eigenvalue weighted by Gasteiger charge is 2.52. The molecule has 0 spiro atoms. The van der Waals surface area contributed by atoms with E-state index in [-0.39, 0.29) is 25.2 Å². The fourth-order valence-electron chi connectivity index (χ4n) is 2.98. The Labute approximate surface area is 142 Å². The van der Waals surface area contributed by atoms with Gasteiger partial charge in [0, 0.05) is 13.0 Å². The van der Waals surface area contributed by atoms with Gasteiger partial charge in [0.25, 0.3) is 0 Å². The SMILES string of the molecule is CO[C@H]1C=CCCCCC(O)(C(F)(F)F)CCC(C)=CC(C)[C@@H]1O. The van der Waals surface area contributed by atoms with Crippen molar-refractivity contribution in [1.29, 1.82) is 0 Å². The van der Waals surface area contributed by atoms with Crippen molar-refractivity contribution in [1.82, 2.24) is 0 Å². The van der Waals surface area contributed by atoms with Gasteiger partial charge < -0.3 is 14.9 Å². The second-order valence-corrected chi connectivity index (χ2v) is 6.77. The summed E-state index contributed by atoms with van der Waals surface area (Å²) in [7, 11) is 1.52. The minimum absolute atomic E-state index is 0.139. The summed E-state index contributed by atoms with van der Waals surface area (Å²) in [5, 5.41) is 20.4. The van der Waals surface area contributed by atoms with Crippen LogP contribution in [0.1, 0.15) is 52.4 Å². The molecule has 1 rings (SSSR count). The average Bonchev–Trinajstić information content (AvgIpc) is 2.49. The van der Waals surface area contributed by atoms with E-state index in [9.17, 15) is 23.4 Å². The normalized spacial score (nSPS) is 34.5. The first kappa shape index (κ1) is 21.2. The highest BCUT2D eigenvalue weighted by Crippen LogP contribution is 2.39. The maximum absolute atomic E-state index is 13.2. The molecule has 4 atom stereocenters. The largest absolute Gasteiger partial charge is 0.417 e. The number of rotatable bonds is 1. The van der Waals surface area contributed by atoms with Crippen molar-refractivity contribution in [3.63, 3.8) is 0 Å². The van der Waals surface area contributed by atoms with E-state index in [1.54, 1.807) is 26.0 Å². The Morgan fingerprint density at radius 1 is 1.25 bits per heavy atom. The maximum Gasteiger partial charge on any atom is 0.417 e. The molecule has 0 fully saturated rings. The van der Waals surface area contributed by atoms with Gasteiger partial charge in [-0.25, -0.2) is 0 Å². The lowest BCUT2D eigenvalue weighted by molar-refractivity contribution is -0.265. The van der Waals surface area contributed by atoms with Crippen LogP contribution in [-0.4, -0.2) is 41.3 Å². The third-order valence-corrected chi connectivity index (χ3v) is 4.69. The molecule has 0 amide bonds. The zero-order valence-corrected chi connectivity index (χ0v) is 14.6. The quantitative estimate of drug-likeness (QED) is 0.699. The number of ether oxygens (including phenoxy) is 1. The molecule has 140 valence electrons. The first-order chi connectivity index (χ1) is 11.1. The van der Waals surface area contributed by atoms with Gasteiger partial charge in [-0.2, -0.15) is 13.2 Å². The zero-order chi connectivity index (χ0) is 18.4. The van der Waals surface area contributed by atoms with Gasteiger partial charge in [-0.15, -0.1) is 0 Å². The molecular weight excluding hydrogens is 321 g/mol. The molecule has 6 heteroatoms. The Morgan fingerprint density at radius 2 is 1.92 bits per heavy atom. The number of hydrogen-bond donors (Lipinski definition) is 2. The van der Waals surface area contributed by atoms with Crippen LogP contribution in [0.25, 0.3) is 0 Å². The summed E-state index contributed by atoms with van der Waals surface area (Å²) in [6, 6.07) is 0. The van der Waals surface area contributed by atoms with E-state index in [1.165, 1.54) is 7.11 Å². The van der Waals surface area contributed by atoms with Crippen molar-refractivity contribution < 1.29 is 28.1 Å². The maximum atomic E-state index is 13.2. The summed E-state index contributed by atoms with van der Waals surface area (Å²) in [6.07, 6.45) is 0.402. The molecule has 3 nitrogen and oxygen atoms in total. The van der Waals surface area contributed by atoms with Crippen LogP contribution in [0.15, 0.2) is 23.8 Å². The zero-order valence-electron chi connectivity index (χ0n) is 14.6. The molecule has 0 aromatic carbocycles. The lowest BCUT2D eigenvalue weighted by atomic mass is 9.87. The Morgan fingerprint density at radius 3 is 2.50 bits per heavy atom. The van der Waals surface area contributed by atoms with Crippen LogP contribution in [-0.2, 0) is 4.74 Å². The van der Waals surface area contributed by atoms with Crippen molar-refractivity contribution in [2.45, 2.75) is 76.4 Å². The van der Waals surface area contributed by atoms with E-state index < -0.39 is 24.0 Å². The molecule has 0 bridgehead atoms. The summed E-state index contributed by atoms with van der Waals surface area (Å²) in [5.41, 5.74) is -1.92. The highest BCUT2D eigenvalue weighted by molar-refractivity contribution is 5.07. The van der Waals surface area contributed by atoms with Crippen LogP contribution >= 0.6 is 0 Å². The molecule has 0 saturated carbocycles. The van der Waals surface area contributed by atoms with Crippen LogP contribution in [0.4, 0.5) is 13.2 Å². The topological polar surface area (TPSA) is 49.7 Å².